The summed E-state index contributed by atoms with van der Waals surface area (Å²) in [5.74, 6) is 0.632. The van der Waals surface area contributed by atoms with Gasteiger partial charge in [-0.3, -0.25) is 0 Å². The van der Waals surface area contributed by atoms with E-state index in [0.717, 1.165) is 43.7 Å². The maximum atomic E-state index is 6.11. The van der Waals surface area contributed by atoms with E-state index in [4.69, 9.17) is 28.9 Å². The summed E-state index contributed by atoms with van der Waals surface area (Å²) < 4.78 is 0. The van der Waals surface area contributed by atoms with E-state index in [-0.39, 0.29) is 0 Å². The Bertz CT molecular complexity index is 742. The molecule has 3 atom stereocenters. The Kier molecular flexibility index (Phi) is 5.53. The minimum atomic E-state index is 0.372. The van der Waals surface area contributed by atoms with Crippen molar-refractivity contribution >= 4 is 23.2 Å². The predicted molar refractivity (Wildman–Crippen MR) is 110 cm³/mol. The third-order valence-electron chi connectivity index (χ3n) is 5.47. The van der Waals surface area contributed by atoms with Crippen LogP contribution in [0.4, 0.5) is 0 Å². The summed E-state index contributed by atoms with van der Waals surface area (Å²) in [5, 5.41) is 5.03. The first-order valence-corrected chi connectivity index (χ1v) is 10.1. The maximum Gasteiger partial charge on any atom is 0.0426 e. The zero-order valence-electron chi connectivity index (χ0n) is 14.8. The van der Waals surface area contributed by atoms with Crippen LogP contribution >= 0.6 is 23.2 Å². The van der Waals surface area contributed by atoms with Gasteiger partial charge in [-0.1, -0.05) is 47.5 Å². The molecule has 2 unspecified atom stereocenters. The first kappa shape index (κ1) is 18.3. The van der Waals surface area contributed by atoms with E-state index in [9.17, 15) is 0 Å². The minimum Gasteiger partial charge on any atom is -0.326 e. The normalized spacial score (nSPS) is 25.6. The van der Waals surface area contributed by atoms with Crippen molar-refractivity contribution < 1.29 is 0 Å². The molecule has 4 rings (SSSR count). The second-order valence-corrected chi connectivity index (χ2v) is 8.41. The van der Waals surface area contributed by atoms with Crippen LogP contribution in [0.25, 0.3) is 11.1 Å². The summed E-state index contributed by atoms with van der Waals surface area (Å²) in [5.41, 5.74) is 9.57. The number of likely N-dealkylation sites (tertiary alicyclic amines) is 1. The number of nitrogens with two attached hydrogens (primary N) is 1. The Morgan fingerprint density at radius 2 is 1.77 bits per heavy atom. The molecule has 2 aromatic carbocycles. The van der Waals surface area contributed by atoms with Crippen molar-refractivity contribution in [2.75, 3.05) is 26.2 Å². The van der Waals surface area contributed by atoms with Gasteiger partial charge in [0.15, 0.2) is 0 Å². The summed E-state index contributed by atoms with van der Waals surface area (Å²) in [6, 6.07) is 15.4. The smallest absolute Gasteiger partial charge is 0.0426 e. The lowest BCUT2D eigenvalue weighted by atomic mass is 10.0. The largest absolute Gasteiger partial charge is 0.326 e. The fraction of sp³-hybridized carbons (Fsp3) is 0.429. The minimum absolute atomic E-state index is 0.372. The van der Waals surface area contributed by atoms with Crippen LogP contribution in [0.1, 0.15) is 24.3 Å². The third-order valence-corrected chi connectivity index (χ3v) is 5.90. The van der Waals surface area contributed by atoms with Gasteiger partial charge in [-0.25, -0.2) is 0 Å². The van der Waals surface area contributed by atoms with Gasteiger partial charge in [-0.2, -0.15) is 0 Å². The molecule has 1 saturated carbocycles. The Hall–Kier alpha value is -1.10. The number of hydrogen-bond donors (Lipinski definition) is 2. The summed E-state index contributed by atoms with van der Waals surface area (Å²) in [6.07, 6.45) is 2.36. The number of nitrogens with one attached hydrogen (secondary N) is 1. The van der Waals surface area contributed by atoms with Crippen LogP contribution in [0.2, 0.25) is 10.0 Å². The lowest BCUT2D eigenvalue weighted by molar-refractivity contribution is 0.331. The van der Waals surface area contributed by atoms with E-state index < -0.39 is 0 Å². The molecule has 2 aromatic rings. The van der Waals surface area contributed by atoms with Gasteiger partial charge in [-0.05, 0) is 54.3 Å². The highest BCUT2D eigenvalue weighted by Gasteiger charge is 2.37. The van der Waals surface area contributed by atoms with Crippen LogP contribution in [-0.2, 0) is 0 Å². The van der Waals surface area contributed by atoms with Crippen LogP contribution in [-0.4, -0.2) is 43.2 Å². The number of nitrogens with zero attached hydrogens (tertiary/aromatic N) is 1. The second kappa shape index (κ2) is 7.87. The SMILES string of the molecule is N[C@@H]1CCN(CCNC2CC2c2ccc(-c3cc(Cl)cc(Cl)c3)cc2)C1. The lowest BCUT2D eigenvalue weighted by Crippen LogP contribution is -2.33. The summed E-state index contributed by atoms with van der Waals surface area (Å²) in [7, 11) is 0. The molecule has 0 bridgehead atoms. The summed E-state index contributed by atoms with van der Waals surface area (Å²) in [6.45, 7) is 4.34. The van der Waals surface area contributed by atoms with Crippen molar-refractivity contribution in [3.05, 3.63) is 58.1 Å². The van der Waals surface area contributed by atoms with Gasteiger partial charge in [0.05, 0.1) is 0 Å². The Morgan fingerprint density at radius 1 is 1.04 bits per heavy atom. The molecule has 0 amide bonds. The van der Waals surface area contributed by atoms with Gasteiger partial charge in [-0.15, -0.1) is 0 Å². The molecule has 26 heavy (non-hydrogen) atoms. The van der Waals surface area contributed by atoms with Gasteiger partial charge < -0.3 is 16.0 Å². The van der Waals surface area contributed by atoms with Gasteiger partial charge in [0.1, 0.15) is 0 Å². The lowest BCUT2D eigenvalue weighted by Gasteiger charge is -2.15. The highest BCUT2D eigenvalue weighted by molar-refractivity contribution is 6.35. The average molecular weight is 390 g/mol. The van der Waals surface area contributed by atoms with Gasteiger partial charge >= 0.3 is 0 Å². The molecule has 5 heteroatoms. The van der Waals surface area contributed by atoms with Crippen LogP contribution in [0.3, 0.4) is 0 Å². The maximum absolute atomic E-state index is 6.11. The zero-order chi connectivity index (χ0) is 18.1. The molecule has 0 aromatic heterocycles. The van der Waals surface area contributed by atoms with E-state index in [2.05, 4.69) is 34.5 Å². The Balaban J connectivity index is 1.29. The van der Waals surface area contributed by atoms with Gasteiger partial charge in [0, 0.05) is 47.7 Å². The van der Waals surface area contributed by atoms with Crippen molar-refractivity contribution in [1.82, 2.24) is 10.2 Å². The van der Waals surface area contributed by atoms with E-state index in [1.165, 1.54) is 12.0 Å². The number of halogens is 2. The Morgan fingerprint density at radius 3 is 2.42 bits per heavy atom. The molecule has 1 aliphatic heterocycles. The highest BCUT2D eigenvalue weighted by Crippen LogP contribution is 2.41. The van der Waals surface area contributed by atoms with Crippen molar-refractivity contribution in [3.63, 3.8) is 0 Å². The highest BCUT2D eigenvalue weighted by atomic mass is 35.5. The molecular formula is C21H25Cl2N3. The third kappa shape index (κ3) is 4.41. The van der Waals surface area contributed by atoms with Crippen LogP contribution < -0.4 is 11.1 Å². The first-order valence-electron chi connectivity index (χ1n) is 9.36. The van der Waals surface area contributed by atoms with E-state index in [0.29, 0.717) is 28.0 Å². The van der Waals surface area contributed by atoms with Crippen molar-refractivity contribution in [2.24, 2.45) is 5.73 Å². The number of rotatable bonds is 6. The molecule has 1 heterocycles. The molecule has 0 radical (unpaired) electrons. The molecule has 0 spiro atoms. The van der Waals surface area contributed by atoms with Crippen LogP contribution in [0.15, 0.2) is 42.5 Å². The number of benzene rings is 2. The number of hydrogen-bond acceptors (Lipinski definition) is 3. The van der Waals surface area contributed by atoms with Gasteiger partial charge in [0.2, 0.25) is 0 Å². The fourth-order valence-corrected chi connectivity index (χ4v) is 4.43. The fourth-order valence-electron chi connectivity index (χ4n) is 3.91. The zero-order valence-corrected chi connectivity index (χ0v) is 16.3. The topological polar surface area (TPSA) is 41.3 Å². The molecule has 3 N–H and O–H groups in total. The first-order chi connectivity index (χ1) is 12.6. The quantitative estimate of drug-likeness (QED) is 0.779. The molecule has 138 valence electrons. The van der Waals surface area contributed by atoms with Crippen molar-refractivity contribution in [3.8, 4) is 11.1 Å². The summed E-state index contributed by atoms with van der Waals surface area (Å²) in [4.78, 5) is 2.46. The van der Waals surface area contributed by atoms with Crippen molar-refractivity contribution in [1.29, 1.82) is 0 Å². The van der Waals surface area contributed by atoms with Crippen LogP contribution in [0, 0.1) is 0 Å². The average Bonchev–Trinajstić information content (AvgIpc) is 3.27. The standard InChI is InChI=1S/C21H25Cl2N3/c22-17-9-16(10-18(23)11-17)14-1-3-15(4-2-14)20-12-21(20)25-6-8-26-7-5-19(24)13-26/h1-4,9-11,19-21,25H,5-8,12-13,24H2/t19-,20?,21?/m1/s1. The molecule has 3 nitrogen and oxygen atoms in total. The second-order valence-electron chi connectivity index (χ2n) is 7.53. The molecule has 2 fully saturated rings. The van der Waals surface area contributed by atoms with Gasteiger partial charge in [0.25, 0.3) is 0 Å². The van der Waals surface area contributed by atoms with Crippen LogP contribution in [0.5, 0.6) is 0 Å². The molecule has 1 saturated heterocycles. The molecular weight excluding hydrogens is 365 g/mol. The molecule has 1 aliphatic carbocycles. The van der Waals surface area contributed by atoms with E-state index in [1.807, 2.05) is 12.1 Å². The predicted octanol–water partition coefficient (Wildman–Crippen LogP) is 4.14. The van der Waals surface area contributed by atoms with E-state index in [1.54, 1.807) is 6.07 Å². The Labute approximate surface area is 165 Å². The summed E-state index contributed by atoms with van der Waals surface area (Å²) >= 11 is 12.2. The monoisotopic (exact) mass is 389 g/mol. The molecule has 2 aliphatic rings. The van der Waals surface area contributed by atoms with Crippen molar-refractivity contribution in [2.45, 2.75) is 30.8 Å². The van der Waals surface area contributed by atoms with E-state index >= 15 is 0 Å².